The second-order valence-corrected chi connectivity index (χ2v) is 3.40. The van der Waals surface area contributed by atoms with Gasteiger partial charge in [-0.1, -0.05) is 6.92 Å². The van der Waals surface area contributed by atoms with Crippen LogP contribution in [-0.4, -0.2) is 5.75 Å². The van der Waals surface area contributed by atoms with Gasteiger partial charge in [-0.3, -0.25) is 0 Å². The van der Waals surface area contributed by atoms with Crippen LogP contribution in [0.4, 0.5) is 0 Å². The maximum atomic E-state index is 3.07. The SMILES string of the molecule is CC#CCCCCS[CH]CC. The molecule has 0 saturated carbocycles. The average molecular weight is 169 g/mol. The molecule has 0 amide bonds. The lowest BCUT2D eigenvalue weighted by Gasteiger charge is -1.95. The molecule has 0 aliphatic heterocycles. The van der Waals surface area contributed by atoms with E-state index in [9.17, 15) is 0 Å². The van der Waals surface area contributed by atoms with Crippen molar-refractivity contribution in [2.24, 2.45) is 0 Å². The molecule has 1 heteroatoms. The first kappa shape index (κ1) is 10.9. The van der Waals surface area contributed by atoms with Gasteiger partial charge in [-0.2, -0.15) is 11.8 Å². The van der Waals surface area contributed by atoms with Crippen molar-refractivity contribution in [1.29, 1.82) is 0 Å². The highest BCUT2D eigenvalue weighted by atomic mass is 32.2. The molecule has 0 spiro atoms. The van der Waals surface area contributed by atoms with Gasteiger partial charge >= 0.3 is 0 Å². The number of hydrogen-bond donors (Lipinski definition) is 0. The Morgan fingerprint density at radius 2 is 2.18 bits per heavy atom. The lowest BCUT2D eigenvalue weighted by atomic mass is 10.2. The van der Waals surface area contributed by atoms with Crippen LogP contribution in [0.25, 0.3) is 0 Å². The lowest BCUT2D eigenvalue weighted by Crippen LogP contribution is -1.79. The summed E-state index contributed by atoms with van der Waals surface area (Å²) in [6, 6.07) is 0. The molecule has 63 valence electrons. The van der Waals surface area contributed by atoms with Crippen LogP contribution in [0.5, 0.6) is 0 Å². The molecule has 0 aromatic heterocycles. The van der Waals surface area contributed by atoms with E-state index >= 15 is 0 Å². The Morgan fingerprint density at radius 1 is 1.36 bits per heavy atom. The fourth-order valence-electron chi connectivity index (χ4n) is 0.725. The summed E-state index contributed by atoms with van der Waals surface area (Å²) < 4.78 is 0. The third-order valence-electron chi connectivity index (χ3n) is 1.28. The summed E-state index contributed by atoms with van der Waals surface area (Å²) in [5, 5.41) is 0. The third-order valence-corrected chi connectivity index (χ3v) is 2.37. The van der Waals surface area contributed by atoms with E-state index < -0.39 is 0 Å². The second-order valence-electron chi connectivity index (χ2n) is 2.33. The van der Waals surface area contributed by atoms with E-state index in [-0.39, 0.29) is 0 Å². The molecule has 0 aliphatic rings. The Kier molecular flexibility index (Phi) is 9.83. The number of hydrogen-bond acceptors (Lipinski definition) is 1. The molecule has 0 N–H and O–H groups in total. The van der Waals surface area contributed by atoms with Crippen molar-refractivity contribution in [2.75, 3.05) is 5.75 Å². The summed E-state index contributed by atoms with van der Waals surface area (Å²) in [7, 11) is 0. The summed E-state index contributed by atoms with van der Waals surface area (Å²) >= 11 is 1.94. The Balaban J connectivity index is 2.83. The summed E-state index contributed by atoms with van der Waals surface area (Å²) in [5.74, 6) is 9.51. The molecule has 1 radical (unpaired) electrons. The first-order chi connectivity index (χ1) is 5.41. The molecular formula is C10H17S. The summed E-state index contributed by atoms with van der Waals surface area (Å²) in [6.45, 7) is 4.08. The highest BCUT2D eigenvalue weighted by molar-refractivity contribution is 8.01. The van der Waals surface area contributed by atoms with Gasteiger partial charge in [0.1, 0.15) is 0 Å². The van der Waals surface area contributed by atoms with Crippen molar-refractivity contribution in [3.05, 3.63) is 5.75 Å². The van der Waals surface area contributed by atoms with E-state index in [0.29, 0.717) is 0 Å². The normalized spacial score (nSPS) is 8.91. The first-order valence-electron chi connectivity index (χ1n) is 4.24. The topological polar surface area (TPSA) is 0 Å². The van der Waals surface area contributed by atoms with E-state index in [1.54, 1.807) is 0 Å². The molecule has 0 aliphatic carbocycles. The molecule has 0 saturated heterocycles. The van der Waals surface area contributed by atoms with Crippen LogP contribution >= 0.6 is 11.8 Å². The molecule has 0 aromatic carbocycles. The highest BCUT2D eigenvalue weighted by Crippen LogP contribution is 2.10. The van der Waals surface area contributed by atoms with Crippen molar-refractivity contribution in [2.45, 2.75) is 39.5 Å². The monoisotopic (exact) mass is 169 g/mol. The minimum Gasteiger partial charge on any atom is -0.157 e. The fourth-order valence-corrected chi connectivity index (χ4v) is 1.50. The largest absolute Gasteiger partial charge is 0.157 e. The van der Waals surface area contributed by atoms with Gasteiger partial charge in [-0.05, 0) is 31.9 Å². The van der Waals surface area contributed by atoms with Crippen molar-refractivity contribution in [3.8, 4) is 11.8 Å². The van der Waals surface area contributed by atoms with E-state index in [1.807, 2.05) is 18.7 Å². The molecule has 0 atom stereocenters. The lowest BCUT2D eigenvalue weighted by molar-refractivity contribution is 0.837. The number of rotatable bonds is 6. The zero-order valence-electron chi connectivity index (χ0n) is 7.52. The van der Waals surface area contributed by atoms with Crippen LogP contribution in [0.1, 0.15) is 39.5 Å². The molecule has 11 heavy (non-hydrogen) atoms. The molecule has 0 unspecified atom stereocenters. The quantitative estimate of drug-likeness (QED) is 0.433. The van der Waals surface area contributed by atoms with E-state index in [4.69, 9.17) is 0 Å². The standard InChI is InChI=1S/C10H17S/c1-3-5-6-7-8-10-11-9-4-2/h9H,4,6-8,10H2,1-2H3. The molecule has 0 bridgehead atoms. The minimum atomic E-state index is 1.07. The fraction of sp³-hybridized carbons (Fsp3) is 0.700. The smallest absolute Gasteiger partial charge is 0.0163 e. The zero-order valence-corrected chi connectivity index (χ0v) is 8.34. The molecule has 0 rings (SSSR count). The number of unbranched alkanes of at least 4 members (excludes halogenated alkanes) is 2. The minimum absolute atomic E-state index is 1.07. The Hall–Kier alpha value is -0.0900. The predicted molar refractivity (Wildman–Crippen MR) is 54.4 cm³/mol. The second kappa shape index (κ2) is 9.91. The highest BCUT2D eigenvalue weighted by Gasteiger charge is 1.87. The Bertz CT molecular complexity index is 119. The van der Waals surface area contributed by atoms with Gasteiger partial charge in [0.05, 0.1) is 0 Å². The summed E-state index contributed by atoms with van der Waals surface area (Å²) in [5.41, 5.74) is 0. The van der Waals surface area contributed by atoms with Crippen LogP contribution in [0.3, 0.4) is 0 Å². The van der Waals surface area contributed by atoms with Crippen LogP contribution < -0.4 is 0 Å². The molecular weight excluding hydrogens is 152 g/mol. The Labute approximate surface area is 75.1 Å². The van der Waals surface area contributed by atoms with Crippen LogP contribution in [0, 0.1) is 17.6 Å². The van der Waals surface area contributed by atoms with Crippen LogP contribution in [-0.2, 0) is 0 Å². The zero-order chi connectivity index (χ0) is 8.36. The van der Waals surface area contributed by atoms with Crippen molar-refractivity contribution < 1.29 is 0 Å². The molecule has 0 nitrogen and oxygen atoms in total. The van der Waals surface area contributed by atoms with Gasteiger partial charge in [-0.15, -0.1) is 11.8 Å². The Morgan fingerprint density at radius 3 is 2.82 bits per heavy atom. The van der Waals surface area contributed by atoms with Crippen molar-refractivity contribution in [1.82, 2.24) is 0 Å². The molecule has 0 aromatic rings. The van der Waals surface area contributed by atoms with Gasteiger partial charge in [0.25, 0.3) is 0 Å². The molecule has 0 heterocycles. The number of thioether (sulfide) groups is 1. The van der Waals surface area contributed by atoms with E-state index in [1.165, 1.54) is 25.0 Å². The first-order valence-corrected chi connectivity index (χ1v) is 5.29. The predicted octanol–water partition coefficient (Wildman–Crippen LogP) is 3.48. The third kappa shape index (κ3) is 9.91. The average Bonchev–Trinajstić information content (AvgIpc) is 2.03. The maximum absolute atomic E-state index is 3.07. The van der Waals surface area contributed by atoms with Crippen LogP contribution in [0.15, 0.2) is 0 Å². The van der Waals surface area contributed by atoms with Gasteiger partial charge in [0.15, 0.2) is 0 Å². The van der Waals surface area contributed by atoms with Gasteiger partial charge in [0.2, 0.25) is 0 Å². The van der Waals surface area contributed by atoms with Crippen molar-refractivity contribution in [3.63, 3.8) is 0 Å². The summed E-state index contributed by atoms with van der Waals surface area (Å²) in [6.07, 6.45) is 4.81. The van der Waals surface area contributed by atoms with E-state index in [0.717, 1.165) is 6.42 Å². The van der Waals surface area contributed by atoms with Gasteiger partial charge in [-0.25, -0.2) is 0 Å². The maximum Gasteiger partial charge on any atom is 0.0163 e. The van der Waals surface area contributed by atoms with Gasteiger partial charge < -0.3 is 0 Å². The van der Waals surface area contributed by atoms with Crippen molar-refractivity contribution >= 4 is 11.8 Å². The van der Waals surface area contributed by atoms with Gasteiger partial charge in [0, 0.05) is 12.2 Å². The molecule has 0 fully saturated rings. The summed E-state index contributed by atoms with van der Waals surface area (Å²) in [4.78, 5) is 0. The van der Waals surface area contributed by atoms with E-state index in [2.05, 4.69) is 24.5 Å². The van der Waals surface area contributed by atoms with Crippen LogP contribution in [0.2, 0.25) is 0 Å².